The summed E-state index contributed by atoms with van der Waals surface area (Å²) in [5, 5.41) is 2.97. The molecule has 0 heterocycles. The Morgan fingerprint density at radius 2 is 1.62 bits per heavy atom. The zero-order valence-corrected chi connectivity index (χ0v) is 21.5. The number of nitrogens with zero attached hydrogens (tertiary/aromatic N) is 1. The van der Waals surface area contributed by atoms with E-state index in [9.17, 15) is 9.59 Å². The fourth-order valence-electron chi connectivity index (χ4n) is 3.11. The largest absolute Gasteiger partial charge is 0.484 e. The minimum absolute atomic E-state index is 0.0483. The van der Waals surface area contributed by atoms with Crippen LogP contribution in [0.15, 0.2) is 53.0 Å². The van der Waals surface area contributed by atoms with E-state index in [4.69, 9.17) is 4.74 Å². The topological polar surface area (TPSA) is 58.6 Å². The normalized spacial score (nSPS) is 13.2. The van der Waals surface area contributed by atoms with Crippen LogP contribution in [0.4, 0.5) is 0 Å². The molecular formula is C26H35BrN2O3. The highest BCUT2D eigenvalue weighted by atomic mass is 79.9. The van der Waals surface area contributed by atoms with Crippen LogP contribution in [0, 0.1) is 0 Å². The Balaban J connectivity index is 2.13. The van der Waals surface area contributed by atoms with E-state index in [1.807, 2.05) is 62.4 Å². The van der Waals surface area contributed by atoms with Gasteiger partial charge in [0, 0.05) is 17.1 Å². The number of carbonyl (C=O) groups excluding carboxylic acids is 2. The molecule has 0 fully saturated rings. The maximum absolute atomic E-state index is 13.1. The van der Waals surface area contributed by atoms with Crippen molar-refractivity contribution in [1.29, 1.82) is 0 Å². The molecule has 2 amide bonds. The number of carbonyl (C=O) groups is 2. The molecule has 0 aromatic heterocycles. The Bertz CT molecular complexity index is 889. The van der Waals surface area contributed by atoms with Crippen LogP contribution in [0.3, 0.4) is 0 Å². The second kappa shape index (κ2) is 11.5. The molecule has 0 aliphatic rings. The lowest BCUT2D eigenvalue weighted by molar-refractivity contribution is -0.142. The lowest BCUT2D eigenvalue weighted by atomic mass is 9.87. The van der Waals surface area contributed by atoms with Gasteiger partial charge in [-0.3, -0.25) is 9.59 Å². The monoisotopic (exact) mass is 502 g/mol. The van der Waals surface area contributed by atoms with Gasteiger partial charge in [0.1, 0.15) is 11.8 Å². The van der Waals surface area contributed by atoms with Gasteiger partial charge in [-0.25, -0.2) is 0 Å². The summed E-state index contributed by atoms with van der Waals surface area (Å²) in [6.07, 6.45) is 0.826. The van der Waals surface area contributed by atoms with Crippen molar-refractivity contribution >= 4 is 27.7 Å². The fraction of sp³-hybridized carbons (Fsp3) is 0.462. The molecule has 0 radical (unpaired) electrons. The van der Waals surface area contributed by atoms with Crippen molar-refractivity contribution < 1.29 is 14.3 Å². The summed E-state index contributed by atoms with van der Waals surface area (Å²) < 4.78 is 6.74. The lowest BCUT2D eigenvalue weighted by Gasteiger charge is -2.29. The zero-order valence-electron chi connectivity index (χ0n) is 19.9. The van der Waals surface area contributed by atoms with Crippen LogP contribution in [0.5, 0.6) is 5.75 Å². The standard InChI is InChI=1S/C26H35BrN2O3/c1-7-18(2)28-25(31)19(3)29(16-20-8-12-22(27)13-9-20)24(30)17-32-23-14-10-21(11-15-23)26(4,5)6/h8-15,18-19H,7,16-17H2,1-6H3,(H,28,31)/t18-,19+/m1/s1. The third-order valence-corrected chi connectivity index (χ3v) is 6.05. The summed E-state index contributed by atoms with van der Waals surface area (Å²) >= 11 is 3.43. The molecule has 1 N–H and O–H groups in total. The van der Waals surface area contributed by atoms with E-state index in [-0.39, 0.29) is 29.9 Å². The Kier molecular flexibility index (Phi) is 9.32. The molecule has 2 atom stereocenters. The fourth-order valence-corrected chi connectivity index (χ4v) is 3.38. The number of hydrogen-bond donors (Lipinski definition) is 1. The van der Waals surface area contributed by atoms with Gasteiger partial charge in [0.2, 0.25) is 5.91 Å². The molecule has 5 nitrogen and oxygen atoms in total. The van der Waals surface area contributed by atoms with E-state index in [1.54, 1.807) is 11.8 Å². The van der Waals surface area contributed by atoms with Gasteiger partial charge < -0.3 is 15.0 Å². The molecule has 0 aliphatic heterocycles. The highest BCUT2D eigenvalue weighted by Gasteiger charge is 2.27. The van der Waals surface area contributed by atoms with Crippen molar-refractivity contribution in [1.82, 2.24) is 10.2 Å². The van der Waals surface area contributed by atoms with Crippen molar-refractivity contribution in [2.24, 2.45) is 0 Å². The van der Waals surface area contributed by atoms with Crippen molar-refractivity contribution in [3.63, 3.8) is 0 Å². The third kappa shape index (κ3) is 7.66. The van der Waals surface area contributed by atoms with Crippen LogP contribution in [-0.4, -0.2) is 35.4 Å². The molecule has 0 bridgehead atoms. The van der Waals surface area contributed by atoms with Gasteiger partial charge in [-0.15, -0.1) is 0 Å². The maximum Gasteiger partial charge on any atom is 0.261 e. The van der Waals surface area contributed by atoms with Gasteiger partial charge >= 0.3 is 0 Å². The second-order valence-corrected chi connectivity index (χ2v) is 10.1. The van der Waals surface area contributed by atoms with Crippen LogP contribution in [0.2, 0.25) is 0 Å². The minimum atomic E-state index is -0.619. The number of amides is 2. The van der Waals surface area contributed by atoms with Crippen LogP contribution in [0.25, 0.3) is 0 Å². The van der Waals surface area contributed by atoms with Crippen molar-refractivity contribution in [2.75, 3.05) is 6.61 Å². The number of halogens is 1. The average Bonchev–Trinajstić information content (AvgIpc) is 2.76. The summed E-state index contributed by atoms with van der Waals surface area (Å²) in [7, 11) is 0. The Morgan fingerprint density at radius 1 is 1.03 bits per heavy atom. The molecule has 174 valence electrons. The highest BCUT2D eigenvalue weighted by Crippen LogP contribution is 2.24. The van der Waals surface area contributed by atoms with E-state index in [1.165, 1.54) is 5.56 Å². The molecule has 2 aromatic carbocycles. The van der Waals surface area contributed by atoms with Crippen LogP contribution < -0.4 is 10.1 Å². The summed E-state index contributed by atoms with van der Waals surface area (Å²) in [6, 6.07) is 15.0. The van der Waals surface area contributed by atoms with Gasteiger partial charge in [0.15, 0.2) is 6.61 Å². The molecule has 32 heavy (non-hydrogen) atoms. The quantitative estimate of drug-likeness (QED) is 0.495. The smallest absolute Gasteiger partial charge is 0.261 e. The summed E-state index contributed by atoms with van der Waals surface area (Å²) in [5.74, 6) is 0.227. The van der Waals surface area contributed by atoms with E-state index in [2.05, 4.69) is 42.0 Å². The Labute approximate surface area is 200 Å². The first kappa shape index (κ1) is 25.9. The summed E-state index contributed by atoms with van der Waals surface area (Å²) in [4.78, 5) is 27.5. The molecule has 0 saturated heterocycles. The van der Waals surface area contributed by atoms with E-state index in [0.717, 1.165) is 16.5 Å². The van der Waals surface area contributed by atoms with Crippen molar-refractivity contribution in [3.8, 4) is 5.75 Å². The molecule has 2 rings (SSSR count). The van der Waals surface area contributed by atoms with Crippen LogP contribution in [0.1, 0.15) is 59.1 Å². The summed E-state index contributed by atoms with van der Waals surface area (Å²) in [5.41, 5.74) is 2.19. The van der Waals surface area contributed by atoms with E-state index in [0.29, 0.717) is 12.3 Å². The van der Waals surface area contributed by atoms with Gasteiger partial charge in [-0.1, -0.05) is 67.9 Å². The molecule has 2 aromatic rings. The zero-order chi connectivity index (χ0) is 23.9. The van der Waals surface area contributed by atoms with Gasteiger partial charge in [0.05, 0.1) is 0 Å². The van der Waals surface area contributed by atoms with Crippen LogP contribution in [-0.2, 0) is 21.5 Å². The van der Waals surface area contributed by atoms with E-state index < -0.39 is 6.04 Å². The van der Waals surface area contributed by atoms with Gasteiger partial charge in [-0.2, -0.15) is 0 Å². The number of nitrogens with one attached hydrogen (secondary N) is 1. The first-order chi connectivity index (χ1) is 15.0. The van der Waals surface area contributed by atoms with Crippen molar-refractivity contribution in [2.45, 2.75) is 72.0 Å². The number of ether oxygens (including phenoxy) is 1. The predicted molar refractivity (Wildman–Crippen MR) is 133 cm³/mol. The molecule has 0 unspecified atom stereocenters. The maximum atomic E-state index is 13.1. The number of benzene rings is 2. The Morgan fingerprint density at radius 3 is 2.16 bits per heavy atom. The molecule has 0 aliphatic carbocycles. The molecule has 6 heteroatoms. The average molecular weight is 503 g/mol. The SMILES string of the molecule is CC[C@@H](C)NC(=O)[C@H](C)N(Cc1ccc(Br)cc1)C(=O)COc1ccc(C(C)(C)C)cc1. The predicted octanol–water partition coefficient (Wildman–Crippen LogP) is 5.46. The first-order valence-electron chi connectivity index (χ1n) is 11.1. The molecule has 0 spiro atoms. The Hall–Kier alpha value is -2.34. The molecular weight excluding hydrogens is 468 g/mol. The van der Waals surface area contributed by atoms with Crippen LogP contribution >= 0.6 is 15.9 Å². The summed E-state index contributed by atoms with van der Waals surface area (Å²) in [6.45, 7) is 12.4. The first-order valence-corrected chi connectivity index (χ1v) is 11.9. The minimum Gasteiger partial charge on any atom is -0.484 e. The third-order valence-electron chi connectivity index (χ3n) is 5.52. The van der Waals surface area contributed by atoms with E-state index >= 15 is 0 Å². The highest BCUT2D eigenvalue weighted by molar-refractivity contribution is 9.10. The van der Waals surface area contributed by atoms with Gasteiger partial charge in [0.25, 0.3) is 5.91 Å². The van der Waals surface area contributed by atoms with Gasteiger partial charge in [-0.05, 0) is 61.1 Å². The lowest BCUT2D eigenvalue weighted by Crippen LogP contribution is -2.50. The second-order valence-electron chi connectivity index (χ2n) is 9.21. The number of hydrogen-bond acceptors (Lipinski definition) is 3. The van der Waals surface area contributed by atoms with Crippen molar-refractivity contribution in [3.05, 3.63) is 64.1 Å². The molecule has 0 saturated carbocycles. The number of rotatable bonds is 9.